The fraction of sp³-hybridized carbons (Fsp3) is 0.233. The summed E-state index contributed by atoms with van der Waals surface area (Å²) in [4.78, 5) is 33.3. The predicted octanol–water partition coefficient (Wildman–Crippen LogP) is 5.52. The van der Waals surface area contributed by atoms with Gasteiger partial charge in [-0.25, -0.2) is 4.98 Å². The minimum absolute atomic E-state index is 0.0852. The van der Waals surface area contributed by atoms with E-state index in [1.807, 2.05) is 18.2 Å². The number of nitrogens with zero attached hydrogens (tertiary/aromatic N) is 2. The molecule has 2 heterocycles. The lowest BCUT2D eigenvalue weighted by atomic mass is 9.94. The lowest BCUT2D eigenvalue weighted by Crippen LogP contribution is -2.29. The number of hydrogen-bond donors (Lipinski definition) is 1. The summed E-state index contributed by atoms with van der Waals surface area (Å²) >= 11 is 1.30. The highest BCUT2D eigenvalue weighted by Gasteiger charge is 2.48. The van der Waals surface area contributed by atoms with Crippen LogP contribution in [0.2, 0.25) is 0 Å². The fourth-order valence-electron chi connectivity index (χ4n) is 4.79. The predicted molar refractivity (Wildman–Crippen MR) is 153 cm³/mol. The molecule has 9 nitrogen and oxygen atoms in total. The highest BCUT2D eigenvalue weighted by atomic mass is 32.1. The van der Waals surface area contributed by atoms with Gasteiger partial charge in [0.05, 0.1) is 50.3 Å². The Morgan fingerprint density at radius 1 is 0.925 bits per heavy atom. The van der Waals surface area contributed by atoms with Gasteiger partial charge in [-0.1, -0.05) is 24.3 Å². The van der Waals surface area contributed by atoms with Crippen molar-refractivity contribution >= 4 is 44.1 Å². The first kappa shape index (κ1) is 27.0. The summed E-state index contributed by atoms with van der Waals surface area (Å²) in [6.45, 7) is 2.06. The molecule has 1 aliphatic rings. The lowest BCUT2D eigenvalue weighted by molar-refractivity contribution is -0.132. The van der Waals surface area contributed by atoms with Crippen LogP contribution in [0.5, 0.6) is 23.0 Å². The summed E-state index contributed by atoms with van der Waals surface area (Å²) in [5.41, 5.74) is 2.58. The standard InChI is InChI=1S/C30H28N2O7S/c1-6-16-7-12-20-23(13-16)40-30(31-20)32-25(18-14-21(37-3)28(39-5)22(15-18)38-4)24(27(34)29(32)35)26(33)17-8-10-19(36-2)11-9-17/h7-15,25,33H,6H2,1-5H3/t25-/m1/s1. The smallest absolute Gasteiger partial charge is 0.301 e. The molecule has 4 aromatic rings. The fourth-order valence-corrected chi connectivity index (χ4v) is 5.84. The number of aliphatic hydroxyl groups excluding tert-OH is 1. The largest absolute Gasteiger partial charge is 0.507 e. The number of carbonyl (C=O) groups excluding carboxylic acids is 2. The Kier molecular flexibility index (Phi) is 7.36. The van der Waals surface area contributed by atoms with E-state index < -0.39 is 17.7 Å². The van der Waals surface area contributed by atoms with Gasteiger partial charge in [0.15, 0.2) is 16.6 Å². The third-order valence-corrected chi connectivity index (χ3v) is 7.88. The van der Waals surface area contributed by atoms with E-state index in [0.717, 1.165) is 16.7 Å². The van der Waals surface area contributed by atoms with Crippen molar-refractivity contribution < 1.29 is 33.6 Å². The summed E-state index contributed by atoms with van der Waals surface area (Å²) in [7, 11) is 5.98. The molecule has 0 saturated carbocycles. The SMILES string of the molecule is CCc1ccc2nc(N3C(=O)C(=O)C(=C(O)c4ccc(OC)cc4)[C@H]3c3cc(OC)c(OC)c(OC)c3)sc2c1. The third-order valence-electron chi connectivity index (χ3n) is 6.87. The van der Waals surface area contributed by atoms with Crippen LogP contribution >= 0.6 is 11.3 Å². The number of Topliss-reactive ketones (excluding diaryl/α,β-unsaturated/α-hetero) is 1. The van der Waals surface area contributed by atoms with Crippen LogP contribution in [0, 0.1) is 0 Å². The zero-order chi connectivity index (χ0) is 28.6. The molecule has 0 bridgehead atoms. The second kappa shape index (κ2) is 10.9. The molecule has 1 aromatic heterocycles. The second-order valence-electron chi connectivity index (χ2n) is 9.01. The van der Waals surface area contributed by atoms with E-state index in [-0.39, 0.29) is 11.3 Å². The van der Waals surface area contributed by atoms with E-state index in [4.69, 9.17) is 23.9 Å². The van der Waals surface area contributed by atoms with E-state index in [1.165, 1.54) is 44.7 Å². The van der Waals surface area contributed by atoms with Crippen molar-refractivity contribution in [3.63, 3.8) is 0 Å². The number of carbonyl (C=O) groups is 2. The Bertz CT molecular complexity index is 1620. The quantitative estimate of drug-likeness (QED) is 0.171. The highest BCUT2D eigenvalue weighted by molar-refractivity contribution is 7.22. The first-order valence-electron chi connectivity index (χ1n) is 12.5. The number of fused-ring (bicyclic) bond motifs is 1. The number of aliphatic hydroxyl groups is 1. The Balaban J connectivity index is 1.76. The number of rotatable bonds is 8. The minimum atomic E-state index is -1.03. The van der Waals surface area contributed by atoms with Gasteiger partial charge in [0, 0.05) is 5.56 Å². The Hall–Kier alpha value is -4.57. The van der Waals surface area contributed by atoms with Gasteiger partial charge in [0.25, 0.3) is 5.78 Å². The first-order chi connectivity index (χ1) is 19.3. The summed E-state index contributed by atoms with van der Waals surface area (Å²) in [5, 5.41) is 11.8. The van der Waals surface area contributed by atoms with E-state index in [1.54, 1.807) is 36.4 Å². The maximum Gasteiger partial charge on any atom is 0.301 e. The topological polar surface area (TPSA) is 107 Å². The van der Waals surface area contributed by atoms with E-state index in [0.29, 0.717) is 44.8 Å². The van der Waals surface area contributed by atoms with Gasteiger partial charge in [0.1, 0.15) is 11.5 Å². The molecule has 1 atom stereocenters. The normalized spacial score (nSPS) is 16.4. The van der Waals surface area contributed by atoms with Crippen LogP contribution in [0.15, 0.2) is 60.2 Å². The van der Waals surface area contributed by atoms with Gasteiger partial charge < -0.3 is 24.1 Å². The monoisotopic (exact) mass is 560 g/mol. The number of ketones is 1. The van der Waals surface area contributed by atoms with Crippen LogP contribution in [0.3, 0.4) is 0 Å². The van der Waals surface area contributed by atoms with Crippen LogP contribution < -0.4 is 23.8 Å². The molecule has 1 aliphatic heterocycles. The summed E-state index contributed by atoms with van der Waals surface area (Å²) in [5.74, 6) is -0.347. The van der Waals surface area contributed by atoms with Gasteiger partial charge >= 0.3 is 5.91 Å². The molecule has 3 aromatic carbocycles. The number of ether oxygens (including phenoxy) is 4. The van der Waals surface area contributed by atoms with E-state index in [2.05, 4.69) is 6.92 Å². The Morgan fingerprint density at radius 3 is 2.17 bits per heavy atom. The molecule has 40 heavy (non-hydrogen) atoms. The number of anilines is 1. The first-order valence-corrected chi connectivity index (χ1v) is 13.3. The Labute approximate surface area is 235 Å². The van der Waals surface area contributed by atoms with Gasteiger partial charge in [-0.05, 0) is 66.1 Å². The molecular weight excluding hydrogens is 532 g/mol. The molecule has 0 unspecified atom stereocenters. The number of hydrogen-bond acceptors (Lipinski definition) is 9. The Morgan fingerprint density at radius 2 is 1.60 bits per heavy atom. The van der Waals surface area contributed by atoms with Gasteiger partial charge in [-0.15, -0.1) is 0 Å². The number of aryl methyl sites for hydroxylation is 1. The van der Waals surface area contributed by atoms with Crippen molar-refractivity contribution in [3.8, 4) is 23.0 Å². The third kappa shape index (κ3) is 4.50. The average Bonchev–Trinajstić information content (AvgIpc) is 3.53. The number of methoxy groups -OCH3 is 4. The summed E-state index contributed by atoms with van der Waals surface area (Å²) in [6.07, 6.45) is 0.848. The van der Waals surface area contributed by atoms with Gasteiger partial charge in [0.2, 0.25) is 5.75 Å². The van der Waals surface area contributed by atoms with Crippen molar-refractivity contribution in [1.29, 1.82) is 0 Å². The average molecular weight is 561 g/mol. The van der Waals surface area contributed by atoms with Crippen molar-refractivity contribution in [2.45, 2.75) is 19.4 Å². The zero-order valence-corrected chi connectivity index (χ0v) is 23.5. The number of thiazole rings is 1. The van der Waals surface area contributed by atoms with Crippen LogP contribution in [0.1, 0.15) is 29.7 Å². The molecular formula is C30H28N2O7S. The zero-order valence-electron chi connectivity index (χ0n) is 22.7. The molecule has 1 saturated heterocycles. The van der Waals surface area contributed by atoms with Crippen molar-refractivity contribution in [2.75, 3.05) is 33.3 Å². The molecule has 1 fully saturated rings. The van der Waals surface area contributed by atoms with Crippen molar-refractivity contribution in [3.05, 3.63) is 76.9 Å². The molecule has 5 rings (SSSR count). The highest BCUT2D eigenvalue weighted by Crippen LogP contribution is 2.48. The number of benzene rings is 3. The molecule has 10 heteroatoms. The molecule has 206 valence electrons. The van der Waals surface area contributed by atoms with Crippen LogP contribution in [0.25, 0.3) is 16.0 Å². The molecule has 0 spiro atoms. The van der Waals surface area contributed by atoms with Crippen LogP contribution in [-0.2, 0) is 16.0 Å². The van der Waals surface area contributed by atoms with Gasteiger partial charge in [-0.3, -0.25) is 14.5 Å². The molecule has 0 aliphatic carbocycles. The maximum atomic E-state index is 13.7. The lowest BCUT2D eigenvalue weighted by Gasteiger charge is -2.24. The minimum Gasteiger partial charge on any atom is -0.507 e. The van der Waals surface area contributed by atoms with Crippen molar-refractivity contribution in [2.24, 2.45) is 0 Å². The number of aromatic nitrogens is 1. The van der Waals surface area contributed by atoms with E-state index >= 15 is 0 Å². The van der Waals surface area contributed by atoms with Crippen molar-refractivity contribution in [1.82, 2.24) is 4.98 Å². The molecule has 1 amide bonds. The summed E-state index contributed by atoms with van der Waals surface area (Å²) in [6, 6.07) is 14.8. The van der Waals surface area contributed by atoms with Gasteiger partial charge in [-0.2, -0.15) is 0 Å². The van der Waals surface area contributed by atoms with Crippen LogP contribution in [-0.4, -0.2) is 50.2 Å². The molecule has 0 radical (unpaired) electrons. The number of amides is 1. The molecule has 1 N–H and O–H groups in total. The second-order valence-corrected chi connectivity index (χ2v) is 10.0. The van der Waals surface area contributed by atoms with E-state index in [9.17, 15) is 14.7 Å². The van der Waals surface area contributed by atoms with Crippen LogP contribution in [0.4, 0.5) is 5.13 Å². The summed E-state index contributed by atoms with van der Waals surface area (Å²) < 4.78 is 22.7. The maximum absolute atomic E-state index is 13.7.